The summed E-state index contributed by atoms with van der Waals surface area (Å²) in [7, 11) is 0. The van der Waals surface area contributed by atoms with Gasteiger partial charge in [0.25, 0.3) is 0 Å². The first-order valence-electron chi connectivity index (χ1n) is 4.66. The maximum Gasteiger partial charge on any atom is 0.347 e. The van der Waals surface area contributed by atoms with E-state index < -0.39 is 6.10 Å². The maximum absolute atomic E-state index is 11.1. The molecule has 0 aromatic heterocycles. The van der Waals surface area contributed by atoms with Gasteiger partial charge in [0, 0.05) is 6.42 Å². The number of carbonyl (C=O) groups is 1. The molecule has 1 atom stereocenters. The number of aryl methyl sites for hydroxylation is 1. The van der Waals surface area contributed by atoms with E-state index in [1.165, 1.54) is 0 Å². The van der Waals surface area contributed by atoms with Crippen molar-refractivity contribution >= 4 is 5.97 Å². The summed E-state index contributed by atoms with van der Waals surface area (Å²) in [6.45, 7) is 2.45. The number of rotatable bonds is 2. The number of hydrogen-bond donors (Lipinski definition) is 0. The highest BCUT2D eigenvalue weighted by Gasteiger charge is 2.28. The second-order valence-electron chi connectivity index (χ2n) is 3.38. The van der Waals surface area contributed by atoms with Crippen LogP contribution in [-0.4, -0.2) is 18.7 Å². The standard InChI is InChI=1S/C11H12O3/c1-8-3-2-4-9(7-8)14-10-5-6-13-11(10)12/h2-4,7,10H,5-6H2,1H3. The molecule has 0 bridgehead atoms. The van der Waals surface area contributed by atoms with E-state index in [1.807, 2.05) is 31.2 Å². The lowest BCUT2D eigenvalue weighted by atomic mass is 10.2. The summed E-state index contributed by atoms with van der Waals surface area (Å²) >= 11 is 0. The van der Waals surface area contributed by atoms with Crippen LogP contribution >= 0.6 is 0 Å². The van der Waals surface area contributed by atoms with E-state index in [9.17, 15) is 4.79 Å². The van der Waals surface area contributed by atoms with E-state index in [4.69, 9.17) is 9.47 Å². The van der Waals surface area contributed by atoms with Crippen LogP contribution in [0.1, 0.15) is 12.0 Å². The molecule has 3 heteroatoms. The molecule has 1 unspecified atom stereocenters. The molecule has 74 valence electrons. The molecule has 0 N–H and O–H groups in total. The molecule has 1 aromatic rings. The first-order chi connectivity index (χ1) is 6.75. The van der Waals surface area contributed by atoms with E-state index in [1.54, 1.807) is 0 Å². The van der Waals surface area contributed by atoms with E-state index in [2.05, 4.69) is 0 Å². The Bertz CT molecular complexity index is 346. The number of cyclic esters (lactones) is 1. The van der Waals surface area contributed by atoms with Gasteiger partial charge in [0.15, 0.2) is 6.10 Å². The highest BCUT2D eigenvalue weighted by molar-refractivity contribution is 5.76. The second-order valence-corrected chi connectivity index (χ2v) is 3.38. The molecule has 1 aliphatic heterocycles. The van der Waals surface area contributed by atoms with E-state index >= 15 is 0 Å². The SMILES string of the molecule is Cc1cccc(OC2CCOC2=O)c1. The van der Waals surface area contributed by atoms with Crippen molar-refractivity contribution < 1.29 is 14.3 Å². The van der Waals surface area contributed by atoms with Crippen LogP contribution in [0.25, 0.3) is 0 Å². The number of hydrogen-bond acceptors (Lipinski definition) is 3. The summed E-state index contributed by atoms with van der Waals surface area (Å²) in [5.74, 6) is 0.473. The van der Waals surface area contributed by atoms with E-state index in [0.29, 0.717) is 13.0 Å². The topological polar surface area (TPSA) is 35.5 Å². The molecule has 0 spiro atoms. The third-order valence-corrected chi connectivity index (χ3v) is 2.16. The Morgan fingerprint density at radius 1 is 1.50 bits per heavy atom. The van der Waals surface area contributed by atoms with Gasteiger partial charge in [-0.1, -0.05) is 12.1 Å². The fraction of sp³-hybridized carbons (Fsp3) is 0.364. The van der Waals surface area contributed by atoms with Gasteiger partial charge < -0.3 is 9.47 Å². The highest BCUT2D eigenvalue weighted by Crippen LogP contribution is 2.18. The van der Waals surface area contributed by atoms with Crippen LogP contribution in [0.4, 0.5) is 0 Å². The van der Waals surface area contributed by atoms with E-state index in [-0.39, 0.29) is 5.97 Å². The molecule has 2 rings (SSSR count). The molecule has 14 heavy (non-hydrogen) atoms. The lowest BCUT2D eigenvalue weighted by Gasteiger charge is -2.09. The third-order valence-electron chi connectivity index (χ3n) is 2.16. The van der Waals surface area contributed by atoms with Crippen LogP contribution in [-0.2, 0) is 9.53 Å². The Morgan fingerprint density at radius 2 is 2.36 bits per heavy atom. The fourth-order valence-electron chi connectivity index (χ4n) is 1.44. The maximum atomic E-state index is 11.1. The molecule has 1 saturated heterocycles. The Labute approximate surface area is 82.6 Å². The minimum absolute atomic E-state index is 0.258. The van der Waals surface area contributed by atoms with Crippen LogP contribution in [0, 0.1) is 6.92 Å². The van der Waals surface area contributed by atoms with Crippen molar-refractivity contribution in [2.45, 2.75) is 19.4 Å². The van der Waals surface area contributed by atoms with Gasteiger partial charge in [-0.3, -0.25) is 0 Å². The van der Waals surface area contributed by atoms with Gasteiger partial charge in [0.1, 0.15) is 5.75 Å². The van der Waals surface area contributed by atoms with Crippen molar-refractivity contribution in [3.8, 4) is 5.75 Å². The summed E-state index contributed by atoms with van der Waals surface area (Å²) < 4.78 is 10.3. The van der Waals surface area contributed by atoms with Crippen LogP contribution in [0.15, 0.2) is 24.3 Å². The fourth-order valence-corrected chi connectivity index (χ4v) is 1.44. The van der Waals surface area contributed by atoms with Gasteiger partial charge in [0.2, 0.25) is 0 Å². The van der Waals surface area contributed by atoms with Crippen molar-refractivity contribution in [2.24, 2.45) is 0 Å². The smallest absolute Gasteiger partial charge is 0.347 e. The molecule has 1 fully saturated rings. The molecule has 3 nitrogen and oxygen atoms in total. The molecule has 0 radical (unpaired) electrons. The summed E-state index contributed by atoms with van der Waals surface area (Å²) in [5, 5.41) is 0. The number of esters is 1. The van der Waals surface area contributed by atoms with Crippen LogP contribution in [0.2, 0.25) is 0 Å². The Balaban J connectivity index is 2.07. The summed E-state index contributed by atoms with van der Waals surface area (Å²) in [6.07, 6.45) is 0.226. The van der Waals surface area contributed by atoms with Gasteiger partial charge in [-0.05, 0) is 24.6 Å². The van der Waals surface area contributed by atoms with Crippen molar-refractivity contribution in [2.75, 3.05) is 6.61 Å². The Morgan fingerprint density at radius 3 is 3.00 bits per heavy atom. The lowest BCUT2D eigenvalue weighted by Crippen LogP contribution is -2.21. The van der Waals surface area contributed by atoms with Gasteiger partial charge >= 0.3 is 5.97 Å². The van der Waals surface area contributed by atoms with Crippen LogP contribution in [0.5, 0.6) is 5.75 Å². The van der Waals surface area contributed by atoms with Gasteiger partial charge in [-0.25, -0.2) is 4.79 Å². The predicted octanol–water partition coefficient (Wildman–Crippen LogP) is 1.69. The normalized spacial score (nSPS) is 20.6. The van der Waals surface area contributed by atoms with Gasteiger partial charge in [-0.2, -0.15) is 0 Å². The average Bonchev–Trinajstić information content (AvgIpc) is 2.52. The predicted molar refractivity (Wildman–Crippen MR) is 51.2 cm³/mol. The van der Waals surface area contributed by atoms with Crippen molar-refractivity contribution in [1.82, 2.24) is 0 Å². The molecule has 1 aliphatic rings. The van der Waals surface area contributed by atoms with Crippen molar-refractivity contribution in [3.05, 3.63) is 29.8 Å². The molecule has 1 heterocycles. The highest BCUT2D eigenvalue weighted by atomic mass is 16.6. The van der Waals surface area contributed by atoms with E-state index in [0.717, 1.165) is 11.3 Å². The number of ether oxygens (including phenoxy) is 2. The first-order valence-corrected chi connectivity index (χ1v) is 4.66. The zero-order valence-corrected chi connectivity index (χ0v) is 8.03. The zero-order chi connectivity index (χ0) is 9.97. The molecule has 0 amide bonds. The van der Waals surface area contributed by atoms with Crippen molar-refractivity contribution in [1.29, 1.82) is 0 Å². The molecule has 0 aliphatic carbocycles. The average molecular weight is 192 g/mol. The largest absolute Gasteiger partial charge is 0.479 e. The van der Waals surface area contributed by atoms with Gasteiger partial charge in [-0.15, -0.1) is 0 Å². The van der Waals surface area contributed by atoms with Crippen LogP contribution in [0.3, 0.4) is 0 Å². The summed E-state index contributed by atoms with van der Waals surface area (Å²) in [4.78, 5) is 11.1. The molecular formula is C11H12O3. The zero-order valence-electron chi connectivity index (χ0n) is 8.03. The van der Waals surface area contributed by atoms with Crippen molar-refractivity contribution in [3.63, 3.8) is 0 Å². The quantitative estimate of drug-likeness (QED) is 0.669. The monoisotopic (exact) mass is 192 g/mol. The number of carbonyl (C=O) groups excluding carboxylic acids is 1. The lowest BCUT2D eigenvalue weighted by molar-refractivity contribution is -0.143. The van der Waals surface area contributed by atoms with Gasteiger partial charge in [0.05, 0.1) is 6.61 Å². The molecule has 0 saturated carbocycles. The number of benzene rings is 1. The summed E-state index contributed by atoms with van der Waals surface area (Å²) in [6, 6.07) is 7.65. The minimum atomic E-state index is -0.420. The second kappa shape index (κ2) is 3.70. The summed E-state index contributed by atoms with van der Waals surface area (Å²) in [5.41, 5.74) is 1.12. The molecular weight excluding hydrogens is 180 g/mol. The Hall–Kier alpha value is -1.51. The Kier molecular flexibility index (Phi) is 2.39. The third kappa shape index (κ3) is 1.87. The first kappa shape index (κ1) is 9.06. The minimum Gasteiger partial charge on any atom is -0.479 e. The molecule has 1 aromatic carbocycles. The van der Waals surface area contributed by atoms with Crippen LogP contribution < -0.4 is 4.74 Å².